The van der Waals surface area contributed by atoms with E-state index in [0.717, 1.165) is 6.07 Å². The zero-order valence-corrected chi connectivity index (χ0v) is 11.3. The lowest BCUT2D eigenvalue weighted by Crippen LogP contribution is -2.28. The second-order valence-electron chi connectivity index (χ2n) is 3.93. The Hall–Kier alpha value is -1.76. The van der Waals surface area contributed by atoms with Gasteiger partial charge in [-0.2, -0.15) is 13.2 Å². The fourth-order valence-corrected chi connectivity index (χ4v) is 1.72. The molecule has 0 heterocycles. The highest BCUT2D eigenvalue weighted by atomic mass is 19.4. The first-order valence-corrected chi connectivity index (χ1v) is 6.15. The third-order valence-electron chi connectivity index (χ3n) is 2.60. The molecule has 0 aromatic heterocycles. The molecule has 0 unspecified atom stereocenters. The van der Waals surface area contributed by atoms with Crippen LogP contribution < -0.4 is 10.6 Å². The van der Waals surface area contributed by atoms with Crippen molar-refractivity contribution in [1.82, 2.24) is 5.32 Å². The molecule has 0 saturated heterocycles. The SMILES string of the molecule is CCOCCNC(=O)c1cccc(C(F)(F)F)c1NC. The second-order valence-corrected chi connectivity index (χ2v) is 3.93. The van der Waals surface area contributed by atoms with Crippen molar-refractivity contribution in [3.63, 3.8) is 0 Å². The van der Waals surface area contributed by atoms with Gasteiger partial charge in [-0.25, -0.2) is 0 Å². The van der Waals surface area contributed by atoms with Crippen molar-refractivity contribution in [3.05, 3.63) is 29.3 Å². The van der Waals surface area contributed by atoms with Crippen LogP contribution in [0.2, 0.25) is 0 Å². The molecule has 1 amide bonds. The number of ether oxygens (including phenoxy) is 1. The summed E-state index contributed by atoms with van der Waals surface area (Å²) in [6.45, 7) is 2.89. The van der Waals surface area contributed by atoms with Gasteiger partial charge in [0.05, 0.1) is 23.4 Å². The summed E-state index contributed by atoms with van der Waals surface area (Å²) in [6, 6.07) is 3.49. The quantitative estimate of drug-likeness (QED) is 0.792. The largest absolute Gasteiger partial charge is 0.418 e. The number of carbonyl (C=O) groups excluding carboxylic acids is 1. The average Bonchev–Trinajstić information content (AvgIpc) is 2.41. The van der Waals surface area contributed by atoms with E-state index in [9.17, 15) is 18.0 Å². The van der Waals surface area contributed by atoms with Crippen molar-refractivity contribution in [2.75, 3.05) is 32.1 Å². The predicted octanol–water partition coefficient (Wildman–Crippen LogP) is 2.51. The van der Waals surface area contributed by atoms with E-state index < -0.39 is 17.6 Å². The Morgan fingerprint density at radius 2 is 2.05 bits per heavy atom. The summed E-state index contributed by atoms with van der Waals surface area (Å²) in [5.41, 5.74) is -1.13. The molecule has 20 heavy (non-hydrogen) atoms. The van der Waals surface area contributed by atoms with Crippen LogP contribution in [0.5, 0.6) is 0 Å². The van der Waals surface area contributed by atoms with E-state index in [1.165, 1.54) is 19.2 Å². The molecule has 112 valence electrons. The van der Waals surface area contributed by atoms with Crippen LogP contribution in [-0.2, 0) is 10.9 Å². The van der Waals surface area contributed by atoms with Crippen molar-refractivity contribution in [3.8, 4) is 0 Å². The number of alkyl halides is 3. The highest BCUT2D eigenvalue weighted by Crippen LogP contribution is 2.36. The van der Waals surface area contributed by atoms with Gasteiger partial charge in [0.1, 0.15) is 0 Å². The van der Waals surface area contributed by atoms with Crippen molar-refractivity contribution < 1.29 is 22.7 Å². The highest BCUT2D eigenvalue weighted by Gasteiger charge is 2.34. The van der Waals surface area contributed by atoms with E-state index in [1.54, 1.807) is 0 Å². The smallest absolute Gasteiger partial charge is 0.387 e. The van der Waals surface area contributed by atoms with Crippen LogP contribution in [0, 0.1) is 0 Å². The summed E-state index contributed by atoms with van der Waals surface area (Å²) in [5, 5.41) is 4.96. The number of halogens is 3. The van der Waals surface area contributed by atoms with Crippen LogP contribution in [0.1, 0.15) is 22.8 Å². The first kappa shape index (κ1) is 16.3. The third-order valence-corrected chi connectivity index (χ3v) is 2.60. The van der Waals surface area contributed by atoms with E-state index in [1.807, 2.05) is 6.92 Å². The normalized spacial score (nSPS) is 11.2. The molecule has 0 radical (unpaired) electrons. The summed E-state index contributed by atoms with van der Waals surface area (Å²) in [4.78, 5) is 11.9. The van der Waals surface area contributed by atoms with E-state index in [-0.39, 0.29) is 17.8 Å². The van der Waals surface area contributed by atoms with Gasteiger partial charge in [0.25, 0.3) is 5.91 Å². The minimum absolute atomic E-state index is 0.0428. The van der Waals surface area contributed by atoms with Crippen LogP contribution in [-0.4, -0.2) is 32.7 Å². The minimum Gasteiger partial charge on any atom is -0.387 e. The molecule has 0 atom stereocenters. The fourth-order valence-electron chi connectivity index (χ4n) is 1.72. The molecular weight excluding hydrogens is 273 g/mol. The fraction of sp³-hybridized carbons (Fsp3) is 0.462. The Morgan fingerprint density at radius 3 is 2.60 bits per heavy atom. The molecule has 0 saturated carbocycles. The number of amides is 1. The summed E-state index contributed by atoms with van der Waals surface area (Å²) >= 11 is 0. The molecule has 1 rings (SSSR count). The number of hydrogen-bond acceptors (Lipinski definition) is 3. The lowest BCUT2D eigenvalue weighted by atomic mass is 10.1. The van der Waals surface area contributed by atoms with Crippen LogP contribution >= 0.6 is 0 Å². The monoisotopic (exact) mass is 290 g/mol. The number of carbonyl (C=O) groups is 1. The summed E-state index contributed by atoms with van der Waals surface area (Å²) in [6.07, 6.45) is -4.51. The van der Waals surface area contributed by atoms with Crippen molar-refractivity contribution in [2.45, 2.75) is 13.1 Å². The summed E-state index contributed by atoms with van der Waals surface area (Å²) in [7, 11) is 1.35. The van der Waals surface area contributed by atoms with Crippen LogP contribution in [0.3, 0.4) is 0 Å². The second kappa shape index (κ2) is 7.14. The molecule has 0 bridgehead atoms. The zero-order chi connectivity index (χ0) is 15.2. The van der Waals surface area contributed by atoms with Crippen molar-refractivity contribution >= 4 is 11.6 Å². The number of hydrogen-bond donors (Lipinski definition) is 2. The molecule has 1 aromatic rings. The minimum atomic E-state index is -4.51. The van der Waals surface area contributed by atoms with E-state index in [0.29, 0.717) is 13.2 Å². The Bertz CT molecular complexity index is 461. The standard InChI is InChI=1S/C13H17F3N2O2/c1-3-20-8-7-18-12(19)9-5-4-6-10(11(9)17-2)13(14,15)16/h4-6,17H,3,7-8H2,1-2H3,(H,18,19). The molecule has 0 fully saturated rings. The molecule has 0 aliphatic heterocycles. The van der Waals surface area contributed by atoms with Gasteiger partial charge < -0.3 is 15.4 Å². The summed E-state index contributed by atoms with van der Waals surface area (Å²) < 4.78 is 43.6. The number of anilines is 1. The maximum atomic E-state index is 12.8. The van der Waals surface area contributed by atoms with Gasteiger partial charge in [-0.1, -0.05) is 6.07 Å². The van der Waals surface area contributed by atoms with Crippen molar-refractivity contribution in [2.24, 2.45) is 0 Å². The third kappa shape index (κ3) is 4.12. The molecular formula is C13H17F3N2O2. The first-order chi connectivity index (χ1) is 9.41. The van der Waals surface area contributed by atoms with E-state index >= 15 is 0 Å². The van der Waals surface area contributed by atoms with Gasteiger partial charge in [0, 0.05) is 20.2 Å². The van der Waals surface area contributed by atoms with Gasteiger partial charge in [-0.15, -0.1) is 0 Å². The van der Waals surface area contributed by atoms with Crippen LogP contribution in [0.15, 0.2) is 18.2 Å². The van der Waals surface area contributed by atoms with Crippen molar-refractivity contribution in [1.29, 1.82) is 0 Å². The molecule has 4 nitrogen and oxygen atoms in total. The van der Waals surface area contributed by atoms with Gasteiger partial charge in [-0.05, 0) is 19.1 Å². The van der Waals surface area contributed by atoms with Gasteiger partial charge in [0.15, 0.2) is 0 Å². The summed E-state index contributed by atoms with van der Waals surface area (Å²) in [5.74, 6) is -0.569. The Morgan fingerprint density at radius 1 is 1.35 bits per heavy atom. The Kier molecular flexibility index (Phi) is 5.82. The molecule has 7 heteroatoms. The number of benzene rings is 1. The topological polar surface area (TPSA) is 50.4 Å². The molecule has 0 spiro atoms. The van der Waals surface area contributed by atoms with Gasteiger partial charge in [0.2, 0.25) is 0 Å². The predicted molar refractivity (Wildman–Crippen MR) is 69.8 cm³/mol. The first-order valence-electron chi connectivity index (χ1n) is 6.15. The highest BCUT2D eigenvalue weighted by molar-refractivity contribution is 6.00. The lowest BCUT2D eigenvalue weighted by Gasteiger charge is -2.16. The average molecular weight is 290 g/mol. The zero-order valence-electron chi connectivity index (χ0n) is 11.3. The van der Waals surface area contributed by atoms with Crippen LogP contribution in [0.25, 0.3) is 0 Å². The Balaban J connectivity index is 2.92. The number of rotatable bonds is 6. The van der Waals surface area contributed by atoms with E-state index in [4.69, 9.17) is 4.74 Å². The maximum Gasteiger partial charge on any atom is 0.418 e. The Labute approximate surface area is 115 Å². The van der Waals surface area contributed by atoms with Gasteiger partial charge >= 0.3 is 6.18 Å². The number of para-hydroxylation sites is 1. The van der Waals surface area contributed by atoms with E-state index in [2.05, 4.69) is 10.6 Å². The number of nitrogens with one attached hydrogen (secondary N) is 2. The lowest BCUT2D eigenvalue weighted by molar-refractivity contribution is -0.136. The molecule has 1 aromatic carbocycles. The van der Waals surface area contributed by atoms with Gasteiger partial charge in [-0.3, -0.25) is 4.79 Å². The molecule has 2 N–H and O–H groups in total. The molecule has 0 aliphatic rings. The molecule has 0 aliphatic carbocycles. The van der Waals surface area contributed by atoms with Crippen LogP contribution in [0.4, 0.5) is 18.9 Å². The maximum absolute atomic E-state index is 12.8.